The molecule has 0 unspecified atom stereocenters. The van der Waals surface area contributed by atoms with Crippen LogP contribution in [0.15, 0.2) is 12.1 Å². The van der Waals surface area contributed by atoms with E-state index in [-0.39, 0.29) is 29.8 Å². The maximum Gasteiger partial charge on any atom is 0.310 e. The van der Waals surface area contributed by atoms with Crippen molar-refractivity contribution in [2.24, 2.45) is 0 Å². The van der Waals surface area contributed by atoms with Gasteiger partial charge in [0.1, 0.15) is 5.82 Å². The maximum atomic E-state index is 13.1. The van der Waals surface area contributed by atoms with Gasteiger partial charge in [0.15, 0.2) is 0 Å². The summed E-state index contributed by atoms with van der Waals surface area (Å²) in [5.41, 5.74) is -0.0142. The molecular formula is C11H12FNO4. The maximum absolute atomic E-state index is 13.1. The van der Waals surface area contributed by atoms with Crippen molar-refractivity contribution in [1.82, 2.24) is 0 Å². The monoisotopic (exact) mass is 241 g/mol. The van der Waals surface area contributed by atoms with Crippen molar-refractivity contribution in [3.05, 3.63) is 39.2 Å². The van der Waals surface area contributed by atoms with E-state index >= 15 is 0 Å². The highest BCUT2D eigenvalue weighted by Crippen LogP contribution is 2.25. The van der Waals surface area contributed by atoms with Gasteiger partial charge in [-0.05, 0) is 26.0 Å². The van der Waals surface area contributed by atoms with Gasteiger partial charge in [-0.1, -0.05) is 0 Å². The topological polar surface area (TPSA) is 69.4 Å². The normalized spacial score (nSPS) is 10.1. The first kappa shape index (κ1) is 13.1. The Morgan fingerprint density at radius 1 is 1.53 bits per heavy atom. The van der Waals surface area contributed by atoms with Crippen molar-refractivity contribution in [1.29, 1.82) is 0 Å². The zero-order chi connectivity index (χ0) is 13.0. The van der Waals surface area contributed by atoms with Crippen molar-refractivity contribution in [3.8, 4) is 0 Å². The SMILES string of the molecule is CCOC(=O)Cc1cc(F)cc(C)c1[N+](=O)[O-]. The fourth-order valence-corrected chi connectivity index (χ4v) is 1.57. The molecule has 0 radical (unpaired) electrons. The van der Waals surface area contributed by atoms with Gasteiger partial charge in [-0.2, -0.15) is 0 Å². The molecule has 0 aliphatic carbocycles. The second-order valence-electron chi connectivity index (χ2n) is 3.47. The molecule has 1 aromatic carbocycles. The summed E-state index contributed by atoms with van der Waals surface area (Å²) in [6.45, 7) is 3.24. The van der Waals surface area contributed by atoms with E-state index in [2.05, 4.69) is 4.74 Å². The summed E-state index contributed by atoms with van der Waals surface area (Å²) in [7, 11) is 0. The molecule has 0 N–H and O–H groups in total. The summed E-state index contributed by atoms with van der Waals surface area (Å²) >= 11 is 0. The van der Waals surface area contributed by atoms with E-state index in [4.69, 9.17) is 0 Å². The Hall–Kier alpha value is -1.98. The molecule has 5 nitrogen and oxygen atoms in total. The molecule has 0 heterocycles. The van der Waals surface area contributed by atoms with Crippen molar-refractivity contribution in [2.45, 2.75) is 20.3 Å². The average Bonchev–Trinajstić information content (AvgIpc) is 2.15. The Morgan fingerprint density at radius 3 is 2.71 bits per heavy atom. The van der Waals surface area contributed by atoms with Crippen LogP contribution in [0.2, 0.25) is 0 Å². The number of hydrogen-bond acceptors (Lipinski definition) is 4. The number of benzene rings is 1. The second-order valence-corrected chi connectivity index (χ2v) is 3.47. The van der Waals surface area contributed by atoms with Gasteiger partial charge in [0, 0.05) is 11.1 Å². The smallest absolute Gasteiger partial charge is 0.310 e. The molecule has 1 aromatic rings. The van der Waals surface area contributed by atoms with Gasteiger partial charge in [0.05, 0.1) is 18.0 Å². The highest BCUT2D eigenvalue weighted by atomic mass is 19.1. The predicted octanol–water partition coefficient (Wildman–Crippen LogP) is 2.15. The number of hydrogen-bond donors (Lipinski definition) is 0. The lowest BCUT2D eigenvalue weighted by Crippen LogP contribution is -2.10. The summed E-state index contributed by atoms with van der Waals surface area (Å²) in [5, 5.41) is 10.8. The number of aryl methyl sites for hydroxylation is 1. The van der Waals surface area contributed by atoms with Crippen LogP contribution in [0.4, 0.5) is 10.1 Å². The molecule has 0 aliphatic heterocycles. The minimum atomic E-state index is -0.622. The molecule has 0 amide bonds. The third-order valence-corrected chi connectivity index (χ3v) is 2.17. The van der Waals surface area contributed by atoms with Crippen molar-refractivity contribution in [3.63, 3.8) is 0 Å². The fourth-order valence-electron chi connectivity index (χ4n) is 1.57. The van der Waals surface area contributed by atoms with Crippen LogP contribution in [0, 0.1) is 22.9 Å². The number of carbonyl (C=O) groups is 1. The molecule has 0 bridgehead atoms. The van der Waals surface area contributed by atoms with E-state index in [1.165, 1.54) is 6.92 Å². The molecule has 6 heteroatoms. The molecule has 0 aliphatic rings. The van der Waals surface area contributed by atoms with Crippen molar-refractivity contribution in [2.75, 3.05) is 6.61 Å². The highest BCUT2D eigenvalue weighted by Gasteiger charge is 2.21. The highest BCUT2D eigenvalue weighted by molar-refractivity contribution is 5.74. The zero-order valence-electron chi connectivity index (χ0n) is 9.53. The van der Waals surface area contributed by atoms with Crippen LogP contribution >= 0.6 is 0 Å². The van der Waals surface area contributed by atoms with E-state index < -0.39 is 16.7 Å². The van der Waals surface area contributed by atoms with E-state index in [0.717, 1.165) is 12.1 Å². The standard InChI is InChI=1S/C11H12FNO4/c1-3-17-10(14)6-8-5-9(12)4-7(2)11(8)13(15)16/h4-5H,3,6H2,1-2H3. The van der Waals surface area contributed by atoms with Crippen LogP contribution in [0.25, 0.3) is 0 Å². The minimum Gasteiger partial charge on any atom is -0.466 e. The van der Waals surface area contributed by atoms with Gasteiger partial charge in [0.2, 0.25) is 0 Å². The Labute approximate surface area is 97.3 Å². The lowest BCUT2D eigenvalue weighted by molar-refractivity contribution is -0.386. The van der Waals surface area contributed by atoms with Gasteiger partial charge in [-0.3, -0.25) is 14.9 Å². The largest absolute Gasteiger partial charge is 0.466 e. The van der Waals surface area contributed by atoms with Crippen molar-refractivity contribution < 1.29 is 18.8 Å². The number of nitro benzene ring substituents is 1. The van der Waals surface area contributed by atoms with Crippen molar-refractivity contribution >= 4 is 11.7 Å². The Bertz CT molecular complexity index is 459. The number of ether oxygens (including phenoxy) is 1. The quantitative estimate of drug-likeness (QED) is 0.460. The number of halogens is 1. The number of nitro groups is 1. The molecule has 0 saturated heterocycles. The van der Waals surface area contributed by atoms with Gasteiger partial charge >= 0.3 is 5.97 Å². The molecular weight excluding hydrogens is 229 g/mol. The Morgan fingerprint density at radius 2 is 2.18 bits per heavy atom. The van der Waals surface area contributed by atoms with Crippen LogP contribution in [0.3, 0.4) is 0 Å². The van der Waals surface area contributed by atoms with Gasteiger partial charge in [-0.15, -0.1) is 0 Å². The van der Waals surface area contributed by atoms with Crippen LogP contribution in [-0.4, -0.2) is 17.5 Å². The van der Waals surface area contributed by atoms with Crippen LogP contribution in [-0.2, 0) is 16.0 Å². The molecule has 0 saturated carbocycles. The molecule has 0 aromatic heterocycles. The number of carbonyl (C=O) groups excluding carboxylic acids is 1. The summed E-state index contributed by atoms with van der Waals surface area (Å²) in [6.07, 6.45) is -0.303. The van der Waals surface area contributed by atoms with Crippen LogP contribution in [0.5, 0.6) is 0 Å². The van der Waals surface area contributed by atoms with Crippen LogP contribution in [0.1, 0.15) is 18.1 Å². The van der Waals surface area contributed by atoms with Gasteiger partial charge in [0.25, 0.3) is 5.69 Å². The third kappa shape index (κ3) is 3.24. The lowest BCUT2D eigenvalue weighted by Gasteiger charge is -2.05. The fraction of sp³-hybridized carbons (Fsp3) is 0.364. The Balaban J connectivity index is 3.12. The summed E-state index contributed by atoms with van der Waals surface area (Å²) in [4.78, 5) is 21.4. The number of rotatable bonds is 4. The first-order valence-electron chi connectivity index (χ1n) is 5.04. The molecule has 17 heavy (non-hydrogen) atoms. The predicted molar refractivity (Wildman–Crippen MR) is 58.1 cm³/mol. The third-order valence-electron chi connectivity index (χ3n) is 2.17. The zero-order valence-corrected chi connectivity index (χ0v) is 9.53. The summed E-state index contributed by atoms with van der Waals surface area (Å²) in [5.74, 6) is -1.21. The minimum absolute atomic E-state index is 0.0333. The summed E-state index contributed by atoms with van der Waals surface area (Å²) in [6, 6.07) is 2.05. The van der Waals surface area contributed by atoms with Crippen LogP contribution < -0.4 is 0 Å². The first-order chi connectivity index (χ1) is 7.95. The average molecular weight is 241 g/mol. The first-order valence-corrected chi connectivity index (χ1v) is 5.04. The summed E-state index contributed by atoms with van der Waals surface area (Å²) < 4.78 is 17.8. The second kappa shape index (κ2) is 5.38. The van der Waals surface area contributed by atoms with E-state index in [9.17, 15) is 19.3 Å². The molecule has 92 valence electrons. The van der Waals surface area contributed by atoms with Gasteiger partial charge < -0.3 is 4.74 Å². The van der Waals surface area contributed by atoms with E-state index in [1.54, 1.807) is 6.92 Å². The number of esters is 1. The Kier molecular flexibility index (Phi) is 4.14. The molecule has 0 atom stereocenters. The molecule has 0 spiro atoms. The molecule has 0 fully saturated rings. The van der Waals surface area contributed by atoms with Gasteiger partial charge in [-0.25, -0.2) is 4.39 Å². The van der Waals surface area contributed by atoms with E-state index in [0.29, 0.717) is 0 Å². The number of nitrogens with zero attached hydrogens (tertiary/aromatic N) is 1. The lowest BCUT2D eigenvalue weighted by atomic mass is 10.1. The molecule has 1 rings (SSSR count). The van der Waals surface area contributed by atoms with E-state index in [1.807, 2.05) is 0 Å².